The van der Waals surface area contributed by atoms with E-state index in [1.54, 1.807) is 55.6 Å². The third kappa shape index (κ3) is 8.73. The normalized spacial score (nSPS) is 29.8. The molecule has 4 rings (SSSR count). The lowest BCUT2D eigenvalue weighted by Crippen LogP contribution is -2.35. The van der Waals surface area contributed by atoms with E-state index in [9.17, 15) is 25.0 Å². The van der Waals surface area contributed by atoms with Gasteiger partial charge >= 0.3 is 7.82 Å². The summed E-state index contributed by atoms with van der Waals surface area (Å²) in [4.78, 5) is 17.3. The van der Waals surface area contributed by atoms with E-state index in [0.29, 0.717) is 23.0 Å². The third-order valence-corrected chi connectivity index (χ3v) is 6.33. The molecule has 0 unspecified atom stereocenters. The molecule has 2 aliphatic rings. The van der Waals surface area contributed by atoms with Crippen LogP contribution in [0.3, 0.4) is 0 Å². The molecule has 0 amide bonds. The fraction of sp³-hybridized carbons (Fsp3) is 0.500. The van der Waals surface area contributed by atoms with Gasteiger partial charge in [-0.3, -0.25) is 4.52 Å². The van der Waals surface area contributed by atoms with Gasteiger partial charge in [-0.1, -0.05) is 0 Å². The van der Waals surface area contributed by atoms with Crippen LogP contribution in [-0.2, 0) is 18.6 Å². The number of phosphoric acid groups is 1. The molecule has 2 aromatic rings. The molecule has 15 nitrogen and oxygen atoms in total. The van der Waals surface area contributed by atoms with Gasteiger partial charge in [0.2, 0.25) is 12.6 Å². The number of methoxy groups -OCH3 is 2. The van der Waals surface area contributed by atoms with Crippen molar-refractivity contribution in [2.45, 2.75) is 49.2 Å². The first kappa shape index (κ1) is 32.0. The van der Waals surface area contributed by atoms with Gasteiger partial charge in [0.05, 0.1) is 27.4 Å². The van der Waals surface area contributed by atoms with Crippen LogP contribution in [-0.4, -0.2) is 112 Å². The van der Waals surface area contributed by atoms with Crippen LogP contribution in [0.4, 0.5) is 0 Å². The zero-order valence-electron chi connectivity index (χ0n) is 21.5. The fourth-order valence-corrected chi connectivity index (χ4v) is 4.00. The van der Waals surface area contributed by atoms with Crippen LogP contribution in [0, 0.1) is 0 Å². The molecule has 0 radical (unpaired) electrons. The molecule has 40 heavy (non-hydrogen) atoms. The van der Waals surface area contributed by atoms with Crippen molar-refractivity contribution in [1.82, 2.24) is 0 Å². The lowest BCUT2D eigenvalue weighted by atomic mass is 10.1. The van der Waals surface area contributed by atoms with Crippen LogP contribution in [0.25, 0.3) is 0 Å². The Morgan fingerprint density at radius 1 is 0.675 bits per heavy atom. The summed E-state index contributed by atoms with van der Waals surface area (Å²) in [7, 11) is -1.61. The van der Waals surface area contributed by atoms with Crippen molar-refractivity contribution >= 4 is 7.82 Å². The molecule has 2 saturated heterocycles. The van der Waals surface area contributed by atoms with Crippen molar-refractivity contribution in [1.29, 1.82) is 0 Å². The van der Waals surface area contributed by atoms with E-state index in [-0.39, 0.29) is 6.61 Å². The summed E-state index contributed by atoms with van der Waals surface area (Å²) in [5.74, 6) is 2.15. The van der Waals surface area contributed by atoms with Crippen molar-refractivity contribution in [3.05, 3.63) is 48.5 Å². The third-order valence-electron chi connectivity index (χ3n) is 5.85. The first-order valence-corrected chi connectivity index (χ1v) is 13.4. The van der Waals surface area contributed by atoms with Crippen molar-refractivity contribution in [3.63, 3.8) is 0 Å². The largest absolute Gasteiger partial charge is 0.497 e. The quantitative estimate of drug-likeness (QED) is 0.167. The number of aliphatic hydroxyl groups excluding tert-OH is 5. The lowest BCUT2D eigenvalue weighted by molar-refractivity contribution is -0.116. The molecule has 2 aromatic carbocycles. The minimum atomic E-state index is -4.69. The smallest absolute Gasteiger partial charge is 0.469 e. The van der Waals surface area contributed by atoms with Gasteiger partial charge in [0.15, 0.2) is 0 Å². The maximum Gasteiger partial charge on any atom is 0.469 e. The summed E-state index contributed by atoms with van der Waals surface area (Å²) in [6.07, 6.45) is -9.25. The van der Waals surface area contributed by atoms with Gasteiger partial charge < -0.3 is 63.7 Å². The van der Waals surface area contributed by atoms with Crippen molar-refractivity contribution < 1.29 is 72.8 Å². The molecule has 2 fully saturated rings. The highest BCUT2D eigenvalue weighted by molar-refractivity contribution is 7.46. The predicted molar refractivity (Wildman–Crippen MR) is 134 cm³/mol. The van der Waals surface area contributed by atoms with E-state index >= 15 is 0 Å². The molecule has 224 valence electrons. The summed E-state index contributed by atoms with van der Waals surface area (Å²) in [6, 6.07) is 13.2. The molecule has 0 aliphatic carbocycles. The predicted octanol–water partition coefficient (Wildman–Crippen LogP) is -0.857. The Bertz CT molecular complexity index is 1080. The second-order valence-electron chi connectivity index (χ2n) is 8.60. The van der Waals surface area contributed by atoms with E-state index in [1.165, 1.54) is 7.11 Å². The number of benzene rings is 2. The maximum absolute atomic E-state index is 10.6. The average Bonchev–Trinajstić information content (AvgIpc) is 3.37. The standard InChI is InChI=1S/C12H17O9P.C12H16O6/c1-18-7-2-4-8(5-3-7)20-12-11(14)10(13)9(21-12)6-19-22(15,16)17;1-16-7-2-4-8(5-3-7)17-12-11(15)10(14)9(6-13)18-12/h2-5,9-14H,6H2,1H3,(H2,15,16,17);2-5,9-15H,6H2,1H3/t2*9-,10-,11-,12-/m11/s1. The van der Waals surface area contributed by atoms with Crippen molar-refractivity contribution in [2.24, 2.45) is 0 Å². The van der Waals surface area contributed by atoms with Crippen LogP contribution >= 0.6 is 7.82 Å². The molecule has 0 spiro atoms. The zero-order chi connectivity index (χ0) is 29.4. The minimum absolute atomic E-state index is 0.369. The highest BCUT2D eigenvalue weighted by Crippen LogP contribution is 2.37. The van der Waals surface area contributed by atoms with Crippen molar-refractivity contribution in [3.8, 4) is 23.0 Å². The van der Waals surface area contributed by atoms with Gasteiger partial charge in [0, 0.05) is 0 Å². The first-order chi connectivity index (χ1) is 18.9. The number of ether oxygens (including phenoxy) is 6. The Morgan fingerprint density at radius 3 is 1.40 bits per heavy atom. The second kappa shape index (κ2) is 14.4. The molecule has 0 bridgehead atoms. The van der Waals surface area contributed by atoms with Crippen molar-refractivity contribution in [2.75, 3.05) is 27.4 Å². The summed E-state index contributed by atoms with van der Waals surface area (Å²) in [5, 5.41) is 47.8. The number of rotatable bonds is 10. The van der Waals surface area contributed by atoms with Crippen LogP contribution in [0.1, 0.15) is 0 Å². The number of aliphatic hydroxyl groups is 5. The highest BCUT2D eigenvalue weighted by atomic mass is 31.2. The number of phosphoric ester groups is 1. The number of hydrogen-bond donors (Lipinski definition) is 7. The van der Waals surface area contributed by atoms with E-state index in [2.05, 4.69) is 4.52 Å². The fourth-order valence-electron chi connectivity index (χ4n) is 3.66. The Kier molecular flexibility index (Phi) is 11.5. The van der Waals surface area contributed by atoms with E-state index < -0.39 is 63.6 Å². The van der Waals surface area contributed by atoms with E-state index in [1.807, 2.05) is 0 Å². The molecule has 2 heterocycles. The molecule has 0 aromatic heterocycles. The molecule has 2 aliphatic heterocycles. The average molecular weight is 592 g/mol. The van der Waals surface area contributed by atoms with Gasteiger partial charge in [-0.15, -0.1) is 0 Å². The zero-order valence-corrected chi connectivity index (χ0v) is 22.4. The SMILES string of the molecule is COc1ccc(O[C@@H]2O[C@H](CO)[C@@H](O)[C@H]2O)cc1.COc1ccc(O[C@@H]2O[C@H](COP(=O)(O)O)[C@@H](O)[C@H]2O)cc1. The molecule has 7 N–H and O–H groups in total. The van der Waals surface area contributed by atoms with Gasteiger partial charge in [-0.25, -0.2) is 4.57 Å². The summed E-state index contributed by atoms with van der Waals surface area (Å²) in [6.45, 7) is -0.953. The summed E-state index contributed by atoms with van der Waals surface area (Å²) < 4.78 is 46.1. The summed E-state index contributed by atoms with van der Waals surface area (Å²) >= 11 is 0. The van der Waals surface area contributed by atoms with E-state index in [0.717, 1.165) is 0 Å². The first-order valence-electron chi connectivity index (χ1n) is 11.9. The van der Waals surface area contributed by atoms with Gasteiger partial charge in [-0.05, 0) is 48.5 Å². The monoisotopic (exact) mass is 592 g/mol. The topological polar surface area (TPSA) is 223 Å². The van der Waals surface area contributed by atoms with E-state index in [4.69, 9.17) is 43.3 Å². The molecular weight excluding hydrogens is 559 g/mol. The van der Waals surface area contributed by atoms with Gasteiger partial charge in [0.25, 0.3) is 0 Å². The van der Waals surface area contributed by atoms with Crippen LogP contribution in [0.15, 0.2) is 48.5 Å². The lowest BCUT2D eigenvalue weighted by Gasteiger charge is -2.17. The van der Waals surface area contributed by atoms with Gasteiger partial charge in [-0.2, -0.15) is 0 Å². The highest BCUT2D eigenvalue weighted by Gasteiger charge is 2.45. The Morgan fingerprint density at radius 2 is 1.05 bits per heavy atom. The molecule has 0 saturated carbocycles. The second-order valence-corrected chi connectivity index (χ2v) is 9.84. The van der Waals surface area contributed by atoms with Crippen LogP contribution in [0.2, 0.25) is 0 Å². The maximum atomic E-state index is 10.6. The van der Waals surface area contributed by atoms with Gasteiger partial charge in [0.1, 0.15) is 59.6 Å². The van der Waals surface area contributed by atoms with Crippen LogP contribution in [0.5, 0.6) is 23.0 Å². The Balaban J connectivity index is 0.000000225. The molecular formula is C24H33O15P. The summed E-state index contributed by atoms with van der Waals surface area (Å²) in [5.41, 5.74) is 0. The minimum Gasteiger partial charge on any atom is -0.497 e. The molecule has 8 atom stereocenters. The Labute approximate surface area is 229 Å². The number of hydrogen-bond acceptors (Lipinski definition) is 13. The van der Waals surface area contributed by atoms with Crippen LogP contribution < -0.4 is 18.9 Å². The Hall–Kier alpha value is -2.53. The molecule has 16 heteroatoms.